The van der Waals surface area contributed by atoms with Gasteiger partial charge in [0, 0.05) is 0 Å². The van der Waals surface area contributed by atoms with Gasteiger partial charge in [-0.1, -0.05) is 19.3 Å². The third kappa shape index (κ3) is 8.11. The number of carbonyl (C=O) groups excluding carboxylic acids is 2. The summed E-state index contributed by atoms with van der Waals surface area (Å²) >= 11 is 0. The van der Waals surface area contributed by atoms with E-state index in [0.717, 1.165) is 32.1 Å². The molecule has 0 bridgehead atoms. The summed E-state index contributed by atoms with van der Waals surface area (Å²) in [7, 11) is 1.38. The first-order valence-corrected chi connectivity index (χ1v) is 8.86. The van der Waals surface area contributed by atoms with Crippen molar-refractivity contribution in [2.75, 3.05) is 20.3 Å². The van der Waals surface area contributed by atoms with Crippen LogP contribution in [0.5, 0.6) is 0 Å². The zero-order valence-corrected chi connectivity index (χ0v) is 15.5. The quantitative estimate of drug-likeness (QED) is 0.344. The van der Waals surface area contributed by atoms with Gasteiger partial charge in [0.2, 0.25) is 0 Å². The lowest BCUT2D eigenvalue weighted by molar-refractivity contribution is -0.181. The van der Waals surface area contributed by atoms with Crippen LogP contribution in [0.25, 0.3) is 0 Å². The molecule has 0 aromatic rings. The van der Waals surface area contributed by atoms with Crippen LogP contribution in [0.2, 0.25) is 0 Å². The molecule has 140 valence electrons. The molecule has 0 N–H and O–H groups in total. The van der Waals surface area contributed by atoms with E-state index in [1.807, 2.05) is 13.8 Å². The normalized spacial score (nSPS) is 18.2. The summed E-state index contributed by atoms with van der Waals surface area (Å²) in [5.74, 6) is -0.585. The number of hydrogen-bond donors (Lipinski definition) is 0. The van der Waals surface area contributed by atoms with Crippen molar-refractivity contribution in [3.63, 3.8) is 0 Å². The van der Waals surface area contributed by atoms with E-state index >= 15 is 0 Å². The Hall–Kier alpha value is -1.14. The van der Waals surface area contributed by atoms with Gasteiger partial charge in [0.05, 0.1) is 39.3 Å². The molecular formula is C18H32O6. The number of methoxy groups -OCH3 is 1. The zero-order chi connectivity index (χ0) is 18.0. The Kier molecular flexibility index (Phi) is 9.29. The van der Waals surface area contributed by atoms with Crippen molar-refractivity contribution < 1.29 is 28.5 Å². The Bertz CT molecular complexity index is 387. The molecule has 1 atom stereocenters. The van der Waals surface area contributed by atoms with Crippen molar-refractivity contribution in [2.45, 2.75) is 78.1 Å². The molecular weight excluding hydrogens is 312 g/mol. The third-order valence-electron chi connectivity index (χ3n) is 4.37. The summed E-state index contributed by atoms with van der Waals surface area (Å²) in [4.78, 5) is 24.0. The predicted octanol–water partition coefficient (Wildman–Crippen LogP) is 3.22. The summed E-state index contributed by atoms with van der Waals surface area (Å²) in [6.07, 6.45) is 4.96. The van der Waals surface area contributed by atoms with Gasteiger partial charge in [0.25, 0.3) is 0 Å². The molecule has 0 aromatic carbocycles. The van der Waals surface area contributed by atoms with E-state index in [1.165, 1.54) is 7.11 Å². The van der Waals surface area contributed by atoms with Crippen LogP contribution in [0.3, 0.4) is 0 Å². The molecule has 1 fully saturated rings. The van der Waals surface area contributed by atoms with E-state index in [2.05, 4.69) is 0 Å². The molecule has 1 unspecified atom stereocenters. The van der Waals surface area contributed by atoms with Crippen LogP contribution in [0.1, 0.15) is 65.7 Å². The average Bonchev–Trinajstić information content (AvgIpc) is 2.51. The van der Waals surface area contributed by atoms with Crippen LogP contribution in [0.15, 0.2) is 0 Å². The van der Waals surface area contributed by atoms with E-state index in [9.17, 15) is 9.59 Å². The highest BCUT2D eigenvalue weighted by molar-refractivity contribution is 5.74. The first-order valence-electron chi connectivity index (χ1n) is 8.86. The van der Waals surface area contributed by atoms with Crippen LogP contribution in [0.4, 0.5) is 0 Å². The summed E-state index contributed by atoms with van der Waals surface area (Å²) < 4.78 is 20.9. The zero-order valence-electron chi connectivity index (χ0n) is 15.5. The highest BCUT2D eigenvalue weighted by atomic mass is 16.7. The summed E-state index contributed by atoms with van der Waals surface area (Å²) in [5, 5.41) is 0. The molecule has 0 radical (unpaired) electrons. The molecule has 0 amide bonds. The van der Waals surface area contributed by atoms with E-state index in [1.54, 1.807) is 6.92 Å². The Morgan fingerprint density at radius 2 is 1.50 bits per heavy atom. The lowest BCUT2D eigenvalue weighted by atomic mass is 9.69. The maximum atomic E-state index is 12.3. The molecule has 24 heavy (non-hydrogen) atoms. The van der Waals surface area contributed by atoms with Gasteiger partial charge < -0.3 is 18.9 Å². The van der Waals surface area contributed by atoms with Crippen LogP contribution < -0.4 is 0 Å². The molecule has 6 heteroatoms. The number of carbonyl (C=O) groups is 2. The van der Waals surface area contributed by atoms with E-state index in [4.69, 9.17) is 18.9 Å². The van der Waals surface area contributed by atoms with Crippen molar-refractivity contribution in [3.8, 4) is 0 Å². The molecule has 1 aliphatic carbocycles. The highest BCUT2D eigenvalue weighted by Gasteiger charge is 2.37. The molecule has 1 saturated carbocycles. The summed E-state index contributed by atoms with van der Waals surface area (Å²) in [6, 6.07) is 0. The molecule has 1 rings (SSSR count). The van der Waals surface area contributed by atoms with Crippen molar-refractivity contribution in [3.05, 3.63) is 0 Å². The van der Waals surface area contributed by atoms with E-state index in [0.29, 0.717) is 13.2 Å². The lowest BCUT2D eigenvalue weighted by Crippen LogP contribution is -2.32. The maximum absolute atomic E-state index is 12.3. The van der Waals surface area contributed by atoms with Crippen LogP contribution in [-0.2, 0) is 28.5 Å². The van der Waals surface area contributed by atoms with Crippen molar-refractivity contribution in [2.24, 2.45) is 5.41 Å². The predicted molar refractivity (Wildman–Crippen MR) is 89.4 cm³/mol. The van der Waals surface area contributed by atoms with Crippen LogP contribution in [-0.4, -0.2) is 44.7 Å². The van der Waals surface area contributed by atoms with Gasteiger partial charge in [0.15, 0.2) is 6.29 Å². The van der Waals surface area contributed by atoms with Gasteiger partial charge in [-0.15, -0.1) is 0 Å². The fraction of sp³-hybridized carbons (Fsp3) is 0.889. The van der Waals surface area contributed by atoms with E-state index < -0.39 is 6.29 Å². The number of ether oxygens (including phenoxy) is 4. The molecule has 0 aromatic heterocycles. The molecule has 6 nitrogen and oxygen atoms in total. The smallest absolute Gasteiger partial charge is 0.308 e. The van der Waals surface area contributed by atoms with Crippen LogP contribution >= 0.6 is 0 Å². The third-order valence-corrected chi connectivity index (χ3v) is 4.37. The average molecular weight is 344 g/mol. The fourth-order valence-corrected chi connectivity index (χ4v) is 3.16. The van der Waals surface area contributed by atoms with Gasteiger partial charge in [-0.2, -0.15) is 0 Å². The van der Waals surface area contributed by atoms with Gasteiger partial charge in [0.1, 0.15) is 0 Å². The first kappa shape index (κ1) is 20.9. The second-order valence-corrected chi connectivity index (χ2v) is 6.84. The van der Waals surface area contributed by atoms with Crippen molar-refractivity contribution in [1.82, 2.24) is 0 Å². The standard InChI is InChI=1S/C18H32O6/c1-14(2)22-10-11-23-15(3)24-17(20)13-18(12-16(19)21-4)8-6-5-7-9-18/h14-15H,5-13H2,1-4H3. The maximum Gasteiger partial charge on any atom is 0.308 e. The summed E-state index contributed by atoms with van der Waals surface area (Å²) in [6.45, 7) is 6.44. The van der Waals surface area contributed by atoms with Crippen molar-refractivity contribution in [1.29, 1.82) is 0 Å². The second-order valence-electron chi connectivity index (χ2n) is 6.84. The minimum Gasteiger partial charge on any atom is -0.469 e. The van der Waals surface area contributed by atoms with Crippen LogP contribution in [0, 0.1) is 5.41 Å². The molecule has 1 aliphatic rings. The summed E-state index contributed by atoms with van der Waals surface area (Å²) in [5.41, 5.74) is -0.330. The minimum absolute atomic E-state index is 0.149. The van der Waals surface area contributed by atoms with Crippen molar-refractivity contribution >= 4 is 11.9 Å². The molecule has 0 aliphatic heterocycles. The second kappa shape index (κ2) is 10.7. The Labute approximate surface area is 145 Å². The molecule has 0 heterocycles. The fourth-order valence-electron chi connectivity index (χ4n) is 3.16. The molecule has 0 saturated heterocycles. The van der Waals surface area contributed by atoms with E-state index in [-0.39, 0.29) is 36.3 Å². The van der Waals surface area contributed by atoms with Gasteiger partial charge >= 0.3 is 11.9 Å². The topological polar surface area (TPSA) is 71.1 Å². The van der Waals surface area contributed by atoms with Gasteiger partial charge in [-0.3, -0.25) is 9.59 Å². The Morgan fingerprint density at radius 1 is 0.917 bits per heavy atom. The Balaban J connectivity index is 2.42. The number of hydrogen-bond acceptors (Lipinski definition) is 6. The largest absolute Gasteiger partial charge is 0.469 e. The Morgan fingerprint density at radius 3 is 2.08 bits per heavy atom. The number of esters is 2. The lowest BCUT2D eigenvalue weighted by Gasteiger charge is -2.35. The number of rotatable bonds is 10. The first-order chi connectivity index (χ1) is 11.4. The minimum atomic E-state index is -0.618. The SMILES string of the molecule is COC(=O)CC1(CC(=O)OC(C)OCCOC(C)C)CCCCC1. The highest BCUT2D eigenvalue weighted by Crippen LogP contribution is 2.42. The molecule has 0 spiro atoms. The van der Waals surface area contributed by atoms with Gasteiger partial charge in [-0.25, -0.2) is 0 Å². The monoisotopic (exact) mass is 344 g/mol. The van der Waals surface area contributed by atoms with Gasteiger partial charge in [-0.05, 0) is 39.0 Å².